The van der Waals surface area contributed by atoms with E-state index in [-0.39, 0.29) is 6.04 Å². The lowest BCUT2D eigenvalue weighted by Crippen LogP contribution is -2.16. The average Bonchev–Trinajstić information content (AvgIpc) is 3.14. The van der Waals surface area contributed by atoms with Crippen molar-refractivity contribution in [2.45, 2.75) is 13.0 Å². The third kappa shape index (κ3) is 3.63. The highest BCUT2D eigenvalue weighted by atomic mass is 31.1. The molecule has 3 aromatic rings. The van der Waals surface area contributed by atoms with Crippen LogP contribution in [-0.4, -0.2) is 18.5 Å². The third-order valence-corrected chi connectivity index (χ3v) is 6.00. The highest BCUT2D eigenvalue weighted by Crippen LogP contribution is 2.38. The lowest BCUT2D eigenvalue weighted by atomic mass is 10.2. The Hall–Kier alpha value is -2.64. The van der Waals surface area contributed by atoms with Crippen molar-refractivity contribution < 1.29 is 9.26 Å². The molecule has 26 heavy (non-hydrogen) atoms. The maximum atomic E-state index is 6.57. The minimum absolute atomic E-state index is 0.183. The van der Waals surface area contributed by atoms with E-state index in [1.165, 1.54) is 10.6 Å². The molecule has 0 amide bonds. The van der Waals surface area contributed by atoms with Crippen molar-refractivity contribution in [3.05, 3.63) is 90.5 Å². The standard InChI is InChI=1S/C22H20NO2P/c1-17-16-24-22(23-17)20-14-8-9-15-21(20)25-26(18-10-4-2-5-11-18)19-12-6-3-7-13-19/h2-15,17H,16H2,1H3/t17-/m0/s1. The van der Waals surface area contributed by atoms with Gasteiger partial charge in [-0.25, -0.2) is 4.99 Å². The van der Waals surface area contributed by atoms with Crippen LogP contribution in [-0.2, 0) is 4.74 Å². The number of benzene rings is 3. The SMILES string of the molecule is C[C@H]1COC(c2ccccc2OP(c2ccccc2)c2ccccc2)=N1. The van der Waals surface area contributed by atoms with Gasteiger partial charge in [-0.2, -0.15) is 0 Å². The summed E-state index contributed by atoms with van der Waals surface area (Å²) < 4.78 is 12.3. The Morgan fingerprint density at radius 3 is 2.00 bits per heavy atom. The van der Waals surface area contributed by atoms with Gasteiger partial charge in [0.1, 0.15) is 12.4 Å². The molecule has 1 heterocycles. The Labute approximate surface area is 155 Å². The Balaban J connectivity index is 1.73. The number of rotatable bonds is 5. The summed E-state index contributed by atoms with van der Waals surface area (Å²) >= 11 is 0. The van der Waals surface area contributed by atoms with E-state index in [0.29, 0.717) is 12.5 Å². The minimum Gasteiger partial charge on any atom is -0.475 e. The molecule has 0 aromatic heterocycles. The van der Waals surface area contributed by atoms with Crippen LogP contribution in [0.15, 0.2) is 89.9 Å². The third-order valence-electron chi connectivity index (χ3n) is 4.09. The first-order valence-electron chi connectivity index (χ1n) is 8.69. The van der Waals surface area contributed by atoms with Gasteiger partial charge in [-0.3, -0.25) is 0 Å². The maximum Gasteiger partial charge on any atom is 0.220 e. The minimum atomic E-state index is -0.979. The van der Waals surface area contributed by atoms with E-state index in [1.54, 1.807) is 0 Å². The second-order valence-corrected chi connectivity index (χ2v) is 7.95. The summed E-state index contributed by atoms with van der Waals surface area (Å²) in [6, 6.07) is 28.9. The van der Waals surface area contributed by atoms with Gasteiger partial charge in [0.15, 0.2) is 8.15 Å². The Kier molecular flexibility index (Phi) is 4.99. The summed E-state index contributed by atoms with van der Waals surface area (Å²) in [5, 5.41) is 2.34. The molecule has 1 aliphatic heterocycles. The quantitative estimate of drug-likeness (QED) is 0.635. The van der Waals surface area contributed by atoms with Crippen LogP contribution in [0.5, 0.6) is 5.75 Å². The molecule has 1 aliphatic rings. The van der Waals surface area contributed by atoms with Crippen molar-refractivity contribution in [2.24, 2.45) is 4.99 Å². The van der Waals surface area contributed by atoms with Gasteiger partial charge in [0, 0.05) is 10.6 Å². The van der Waals surface area contributed by atoms with Crippen LogP contribution in [0.25, 0.3) is 0 Å². The molecule has 0 unspecified atom stereocenters. The highest BCUT2D eigenvalue weighted by Gasteiger charge is 2.23. The lowest BCUT2D eigenvalue weighted by Gasteiger charge is -2.21. The van der Waals surface area contributed by atoms with Crippen LogP contribution in [0.4, 0.5) is 0 Å². The van der Waals surface area contributed by atoms with Crippen molar-refractivity contribution in [3.8, 4) is 5.75 Å². The molecule has 1 atom stereocenters. The van der Waals surface area contributed by atoms with Crippen molar-refractivity contribution in [2.75, 3.05) is 6.61 Å². The monoisotopic (exact) mass is 361 g/mol. The predicted molar refractivity (Wildman–Crippen MR) is 108 cm³/mol. The number of hydrogen-bond acceptors (Lipinski definition) is 3. The molecule has 0 saturated heterocycles. The lowest BCUT2D eigenvalue weighted by molar-refractivity contribution is 0.323. The molecule has 3 nitrogen and oxygen atoms in total. The van der Waals surface area contributed by atoms with Gasteiger partial charge in [-0.15, -0.1) is 0 Å². The first kappa shape index (κ1) is 16.8. The summed E-state index contributed by atoms with van der Waals surface area (Å²) in [4.78, 5) is 4.59. The summed E-state index contributed by atoms with van der Waals surface area (Å²) in [5.74, 6) is 1.48. The van der Waals surface area contributed by atoms with E-state index in [9.17, 15) is 0 Å². The first-order valence-corrected chi connectivity index (χ1v) is 9.95. The molecule has 0 radical (unpaired) electrons. The van der Waals surface area contributed by atoms with Crippen molar-refractivity contribution in [1.82, 2.24) is 0 Å². The molecule has 3 aromatic carbocycles. The summed E-state index contributed by atoms with van der Waals surface area (Å²) in [7, 11) is -0.979. The van der Waals surface area contributed by atoms with Crippen molar-refractivity contribution in [1.29, 1.82) is 0 Å². The number of para-hydroxylation sites is 1. The number of ether oxygens (including phenoxy) is 1. The van der Waals surface area contributed by atoms with Gasteiger partial charge in [0.25, 0.3) is 0 Å². The fourth-order valence-electron chi connectivity index (χ4n) is 2.82. The topological polar surface area (TPSA) is 30.8 Å². The van der Waals surface area contributed by atoms with Gasteiger partial charge in [0.2, 0.25) is 5.90 Å². The van der Waals surface area contributed by atoms with E-state index < -0.39 is 8.15 Å². The zero-order chi connectivity index (χ0) is 17.8. The summed E-state index contributed by atoms with van der Waals surface area (Å²) in [5.41, 5.74) is 0.913. The van der Waals surface area contributed by atoms with Crippen LogP contribution in [0, 0.1) is 0 Å². The van der Waals surface area contributed by atoms with Crippen molar-refractivity contribution >= 4 is 24.7 Å². The molecule has 0 aliphatic carbocycles. The zero-order valence-electron chi connectivity index (χ0n) is 14.6. The predicted octanol–water partition coefficient (Wildman–Crippen LogP) is 4.28. The van der Waals surface area contributed by atoms with Gasteiger partial charge < -0.3 is 9.26 Å². The molecule has 0 bridgehead atoms. The average molecular weight is 361 g/mol. The summed E-state index contributed by atoms with van der Waals surface area (Å²) in [6.07, 6.45) is 0. The molecule has 130 valence electrons. The number of nitrogens with zero attached hydrogens (tertiary/aromatic N) is 1. The Bertz CT molecular complexity index is 857. The largest absolute Gasteiger partial charge is 0.475 e. The Morgan fingerprint density at radius 2 is 1.42 bits per heavy atom. The van der Waals surface area contributed by atoms with Crippen LogP contribution in [0.2, 0.25) is 0 Å². The van der Waals surface area contributed by atoms with Gasteiger partial charge in [-0.05, 0) is 19.1 Å². The molecular weight excluding hydrogens is 341 g/mol. The van der Waals surface area contributed by atoms with E-state index in [1.807, 2.05) is 36.4 Å². The van der Waals surface area contributed by atoms with Crippen LogP contribution in [0.3, 0.4) is 0 Å². The van der Waals surface area contributed by atoms with Gasteiger partial charge in [0.05, 0.1) is 11.6 Å². The van der Waals surface area contributed by atoms with E-state index >= 15 is 0 Å². The molecule has 0 N–H and O–H groups in total. The smallest absolute Gasteiger partial charge is 0.220 e. The van der Waals surface area contributed by atoms with Gasteiger partial charge >= 0.3 is 0 Å². The zero-order valence-corrected chi connectivity index (χ0v) is 15.5. The van der Waals surface area contributed by atoms with Crippen LogP contribution >= 0.6 is 8.15 Å². The number of aliphatic imine (C=N–C) groups is 1. The molecule has 4 rings (SSSR count). The van der Waals surface area contributed by atoms with Gasteiger partial charge in [-0.1, -0.05) is 72.8 Å². The van der Waals surface area contributed by atoms with E-state index in [0.717, 1.165) is 11.3 Å². The van der Waals surface area contributed by atoms with Crippen molar-refractivity contribution in [3.63, 3.8) is 0 Å². The highest BCUT2D eigenvalue weighted by molar-refractivity contribution is 7.68. The fourth-order valence-corrected chi connectivity index (χ4v) is 4.57. The van der Waals surface area contributed by atoms with Crippen LogP contribution < -0.4 is 15.1 Å². The number of hydrogen-bond donors (Lipinski definition) is 0. The molecule has 0 fully saturated rings. The second kappa shape index (κ2) is 7.72. The fraction of sp³-hybridized carbons (Fsp3) is 0.136. The van der Waals surface area contributed by atoms with E-state index in [2.05, 4.69) is 60.4 Å². The maximum absolute atomic E-state index is 6.57. The van der Waals surface area contributed by atoms with E-state index in [4.69, 9.17) is 9.26 Å². The summed E-state index contributed by atoms with van der Waals surface area (Å²) in [6.45, 7) is 2.67. The first-order chi connectivity index (χ1) is 12.8. The Morgan fingerprint density at radius 1 is 0.846 bits per heavy atom. The molecule has 0 spiro atoms. The molecule has 0 saturated carbocycles. The molecular formula is C22H20NO2P. The molecule has 4 heteroatoms. The van der Waals surface area contributed by atoms with Crippen LogP contribution in [0.1, 0.15) is 12.5 Å². The second-order valence-electron chi connectivity index (χ2n) is 6.15. The normalized spacial score (nSPS) is 16.2.